The van der Waals surface area contributed by atoms with Gasteiger partial charge in [0.2, 0.25) is 0 Å². The van der Waals surface area contributed by atoms with Crippen LogP contribution in [0.25, 0.3) is 5.57 Å². The Labute approximate surface area is 163 Å². The van der Waals surface area contributed by atoms with Gasteiger partial charge in [0.25, 0.3) is 0 Å². The summed E-state index contributed by atoms with van der Waals surface area (Å²) in [5, 5.41) is 0.768. The van der Waals surface area contributed by atoms with Crippen molar-refractivity contribution in [2.45, 2.75) is 52.4 Å². The van der Waals surface area contributed by atoms with E-state index in [0.717, 1.165) is 34.6 Å². The molecule has 0 bridgehead atoms. The van der Waals surface area contributed by atoms with Gasteiger partial charge in [-0.2, -0.15) is 0 Å². The zero-order valence-corrected chi connectivity index (χ0v) is 18.1. The average molecular weight is 393 g/mol. The maximum Gasteiger partial charge on any atom is 0.175 e. The highest BCUT2D eigenvalue weighted by Gasteiger charge is 2.11. The molecule has 0 radical (unpaired) electrons. The van der Waals surface area contributed by atoms with Crippen molar-refractivity contribution in [2.24, 2.45) is 0 Å². The van der Waals surface area contributed by atoms with Gasteiger partial charge in [0, 0.05) is 11.3 Å². The van der Waals surface area contributed by atoms with E-state index in [-0.39, 0.29) is 0 Å². The number of sulfone groups is 1. The molecule has 4 heteroatoms. The summed E-state index contributed by atoms with van der Waals surface area (Å²) in [6.07, 6.45) is 9.10. The van der Waals surface area contributed by atoms with Gasteiger partial charge in [-0.1, -0.05) is 55.3 Å². The van der Waals surface area contributed by atoms with Crippen molar-refractivity contribution in [3.8, 4) is 0 Å². The Morgan fingerprint density at radius 2 is 1.58 bits per heavy atom. The van der Waals surface area contributed by atoms with Gasteiger partial charge in [0.15, 0.2) is 9.84 Å². The SMILES string of the molecule is CC\C(Cl)=C/C(=C(C)/C(=C/C=C(C)C)CC)c1ccc(S(C)(=O)=O)cc1. The molecule has 0 amide bonds. The van der Waals surface area contributed by atoms with Crippen molar-refractivity contribution in [1.29, 1.82) is 0 Å². The van der Waals surface area contributed by atoms with Crippen LogP contribution in [0, 0.1) is 0 Å². The molecule has 0 heterocycles. The molecule has 1 aromatic rings. The molecule has 2 nitrogen and oxygen atoms in total. The van der Waals surface area contributed by atoms with Crippen LogP contribution in [0.3, 0.4) is 0 Å². The molecule has 0 fully saturated rings. The maximum atomic E-state index is 11.7. The van der Waals surface area contributed by atoms with Crippen LogP contribution in [0.2, 0.25) is 0 Å². The number of benzene rings is 1. The third-order valence-corrected chi connectivity index (χ3v) is 5.62. The number of halogens is 1. The second kappa shape index (κ2) is 9.94. The fourth-order valence-corrected chi connectivity index (χ4v) is 3.24. The molecule has 0 aliphatic rings. The van der Waals surface area contributed by atoms with Crippen LogP contribution in [0.4, 0.5) is 0 Å². The van der Waals surface area contributed by atoms with Crippen molar-refractivity contribution in [1.82, 2.24) is 0 Å². The van der Waals surface area contributed by atoms with E-state index in [2.05, 4.69) is 39.8 Å². The van der Waals surface area contributed by atoms with Crippen LogP contribution in [0.15, 0.2) is 69.1 Å². The highest BCUT2D eigenvalue weighted by Crippen LogP contribution is 2.29. The molecule has 0 aliphatic carbocycles. The summed E-state index contributed by atoms with van der Waals surface area (Å²) in [5.41, 5.74) is 5.59. The second-order valence-corrected chi connectivity index (χ2v) is 9.07. The number of rotatable bonds is 7. The fourth-order valence-electron chi connectivity index (χ4n) is 2.50. The molecule has 1 rings (SSSR count). The van der Waals surface area contributed by atoms with E-state index in [1.807, 2.05) is 25.1 Å². The lowest BCUT2D eigenvalue weighted by Gasteiger charge is -2.13. The highest BCUT2D eigenvalue weighted by molar-refractivity contribution is 7.90. The Morgan fingerprint density at radius 3 is 2.00 bits per heavy atom. The Bertz CT molecular complexity index is 848. The lowest BCUT2D eigenvalue weighted by Crippen LogP contribution is -1.97. The summed E-state index contributed by atoms with van der Waals surface area (Å²) in [4.78, 5) is 0.319. The van der Waals surface area contributed by atoms with E-state index < -0.39 is 9.84 Å². The lowest BCUT2D eigenvalue weighted by molar-refractivity contribution is 0.602. The summed E-state index contributed by atoms with van der Waals surface area (Å²) in [6.45, 7) is 10.4. The van der Waals surface area contributed by atoms with Gasteiger partial charge in [-0.05, 0) is 74.1 Å². The molecule has 0 saturated heterocycles. The summed E-state index contributed by atoms with van der Waals surface area (Å²) >= 11 is 6.33. The first-order valence-corrected chi connectivity index (χ1v) is 11.1. The second-order valence-electron chi connectivity index (χ2n) is 6.57. The van der Waals surface area contributed by atoms with E-state index in [0.29, 0.717) is 4.90 Å². The summed E-state index contributed by atoms with van der Waals surface area (Å²) in [6, 6.07) is 6.99. The number of hydrogen-bond acceptors (Lipinski definition) is 2. The first kappa shape index (κ1) is 22.5. The maximum absolute atomic E-state index is 11.7. The third kappa shape index (κ3) is 6.62. The van der Waals surface area contributed by atoms with Crippen LogP contribution >= 0.6 is 11.6 Å². The van der Waals surface area contributed by atoms with Gasteiger partial charge in [-0.15, -0.1) is 0 Å². The fraction of sp³-hybridized carbons (Fsp3) is 0.364. The van der Waals surface area contributed by atoms with Crippen LogP contribution in [0.1, 0.15) is 53.0 Å². The van der Waals surface area contributed by atoms with E-state index in [1.54, 1.807) is 12.1 Å². The van der Waals surface area contributed by atoms with Gasteiger partial charge < -0.3 is 0 Å². The molecular weight excluding hydrogens is 364 g/mol. The standard InChI is InChI=1S/C22H29ClO2S/c1-7-18(10-9-16(3)4)17(5)22(15-20(23)8-2)19-11-13-21(14-12-19)26(6,24)25/h9-15H,7-8H2,1-6H3/b18-10+,20-15+,22-17-. The Kier molecular flexibility index (Phi) is 8.58. The summed E-state index contributed by atoms with van der Waals surface area (Å²) in [7, 11) is -3.21. The molecule has 142 valence electrons. The van der Waals surface area contributed by atoms with Crippen LogP contribution in [0.5, 0.6) is 0 Å². The predicted octanol–water partition coefficient (Wildman–Crippen LogP) is 6.70. The minimum absolute atomic E-state index is 0.319. The van der Waals surface area contributed by atoms with Crippen molar-refractivity contribution in [3.63, 3.8) is 0 Å². The van der Waals surface area contributed by atoms with Crippen molar-refractivity contribution in [3.05, 3.63) is 69.8 Å². The molecule has 1 aromatic carbocycles. The molecule has 0 saturated carbocycles. The largest absolute Gasteiger partial charge is 0.224 e. The van der Waals surface area contributed by atoms with Gasteiger partial charge in [0.05, 0.1) is 4.90 Å². The van der Waals surface area contributed by atoms with Crippen molar-refractivity contribution in [2.75, 3.05) is 6.26 Å². The minimum Gasteiger partial charge on any atom is -0.224 e. The molecule has 0 spiro atoms. The molecule has 26 heavy (non-hydrogen) atoms. The van der Waals surface area contributed by atoms with Gasteiger partial charge in [-0.3, -0.25) is 0 Å². The number of hydrogen-bond donors (Lipinski definition) is 0. The molecule has 0 aromatic heterocycles. The summed E-state index contributed by atoms with van der Waals surface area (Å²) in [5.74, 6) is 0. The van der Waals surface area contributed by atoms with Crippen molar-refractivity contribution < 1.29 is 8.42 Å². The molecule has 0 aliphatic heterocycles. The Hall–Kier alpha value is -1.58. The zero-order chi connectivity index (χ0) is 19.9. The minimum atomic E-state index is -3.21. The van der Waals surface area contributed by atoms with E-state index in [1.165, 1.54) is 17.4 Å². The van der Waals surface area contributed by atoms with Gasteiger partial charge >= 0.3 is 0 Å². The van der Waals surface area contributed by atoms with E-state index in [9.17, 15) is 8.42 Å². The monoisotopic (exact) mass is 392 g/mol. The zero-order valence-electron chi connectivity index (χ0n) is 16.6. The van der Waals surface area contributed by atoms with E-state index in [4.69, 9.17) is 11.6 Å². The van der Waals surface area contributed by atoms with Crippen molar-refractivity contribution >= 4 is 27.0 Å². The lowest BCUT2D eigenvalue weighted by atomic mass is 9.93. The molecule has 0 unspecified atom stereocenters. The Balaban J connectivity index is 3.58. The molecule has 0 atom stereocenters. The first-order chi connectivity index (χ1) is 12.1. The molecular formula is C22H29ClO2S. The smallest absolute Gasteiger partial charge is 0.175 e. The normalized spacial score (nSPS) is 14.1. The predicted molar refractivity (Wildman–Crippen MR) is 114 cm³/mol. The highest BCUT2D eigenvalue weighted by atomic mass is 35.5. The quantitative estimate of drug-likeness (QED) is 0.484. The number of allylic oxidation sites excluding steroid dienone is 8. The van der Waals surface area contributed by atoms with Crippen LogP contribution in [-0.4, -0.2) is 14.7 Å². The Morgan fingerprint density at radius 1 is 1.00 bits per heavy atom. The summed E-state index contributed by atoms with van der Waals surface area (Å²) < 4.78 is 23.4. The van der Waals surface area contributed by atoms with Gasteiger partial charge in [-0.25, -0.2) is 8.42 Å². The van der Waals surface area contributed by atoms with Gasteiger partial charge in [0.1, 0.15) is 0 Å². The van der Waals surface area contributed by atoms with E-state index >= 15 is 0 Å². The molecule has 0 N–H and O–H groups in total. The first-order valence-electron chi connectivity index (χ1n) is 8.82. The van der Waals surface area contributed by atoms with Crippen LogP contribution in [-0.2, 0) is 9.84 Å². The average Bonchev–Trinajstić information content (AvgIpc) is 2.58. The topological polar surface area (TPSA) is 34.1 Å². The third-order valence-electron chi connectivity index (χ3n) is 4.12. The van der Waals surface area contributed by atoms with Crippen LogP contribution < -0.4 is 0 Å².